The molecule has 2 aromatic carbocycles. The number of benzene rings is 2. The highest BCUT2D eigenvalue weighted by Crippen LogP contribution is 2.33. The summed E-state index contributed by atoms with van der Waals surface area (Å²) in [5.74, 6) is -0.00623. The summed E-state index contributed by atoms with van der Waals surface area (Å²) in [6, 6.07) is 10.1. The lowest BCUT2D eigenvalue weighted by molar-refractivity contribution is 0.415. The van der Waals surface area contributed by atoms with Crippen LogP contribution >= 0.6 is 0 Å². The highest BCUT2D eigenvalue weighted by atomic mass is 32.2. The number of aryl methyl sites for hydroxylation is 1. The van der Waals surface area contributed by atoms with Gasteiger partial charge in [0.25, 0.3) is 10.0 Å². The van der Waals surface area contributed by atoms with Crippen molar-refractivity contribution in [2.45, 2.75) is 18.7 Å². The Labute approximate surface area is 130 Å². The lowest BCUT2D eigenvalue weighted by Crippen LogP contribution is -2.31. The molecular weight excluding hydrogens is 305 g/mol. The molecule has 4 nitrogen and oxygen atoms in total. The van der Waals surface area contributed by atoms with Gasteiger partial charge in [0.05, 0.1) is 17.7 Å². The van der Waals surface area contributed by atoms with E-state index in [0.29, 0.717) is 11.4 Å². The Kier molecular flexibility index (Phi) is 4.71. The zero-order valence-corrected chi connectivity index (χ0v) is 13.5. The van der Waals surface area contributed by atoms with Crippen molar-refractivity contribution in [1.29, 1.82) is 0 Å². The molecule has 0 atom stereocenters. The predicted molar refractivity (Wildman–Crippen MR) is 84.3 cm³/mol. The first-order chi connectivity index (χ1) is 10.4. The molecule has 0 heterocycles. The molecule has 0 radical (unpaired) electrons. The standard InChI is InChI=1S/C16H18FNO3S/c1-4-18(15-11-12(2)5-10-16(15)21-3)22(19,20)14-8-6-13(17)7-9-14/h5-11H,4H2,1-3H3. The van der Waals surface area contributed by atoms with Crippen molar-refractivity contribution >= 4 is 15.7 Å². The molecule has 22 heavy (non-hydrogen) atoms. The Morgan fingerprint density at radius 2 is 1.77 bits per heavy atom. The van der Waals surface area contributed by atoms with Crippen LogP contribution in [0, 0.1) is 12.7 Å². The van der Waals surface area contributed by atoms with Gasteiger partial charge in [0.1, 0.15) is 11.6 Å². The molecule has 2 rings (SSSR count). The van der Waals surface area contributed by atoms with E-state index in [0.717, 1.165) is 17.7 Å². The van der Waals surface area contributed by atoms with Crippen LogP contribution in [0.5, 0.6) is 5.75 Å². The summed E-state index contributed by atoms with van der Waals surface area (Å²) in [4.78, 5) is 0.0410. The van der Waals surface area contributed by atoms with E-state index in [1.165, 1.54) is 23.5 Å². The Balaban J connectivity index is 2.56. The maximum Gasteiger partial charge on any atom is 0.264 e. The number of halogens is 1. The minimum Gasteiger partial charge on any atom is -0.495 e. The highest BCUT2D eigenvalue weighted by Gasteiger charge is 2.26. The number of nitrogens with zero attached hydrogens (tertiary/aromatic N) is 1. The molecule has 0 amide bonds. The Morgan fingerprint density at radius 1 is 1.14 bits per heavy atom. The molecule has 0 saturated carbocycles. The number of anilines is 1. The van der Waals surface area contributed by atoms with Gasteiger partial charge in [0, 0.05) is 6.54 Å². The smallest absolute Gasteiger partial charge is 0.264 e. The van der Waals surface area contributed by atoms with Gasteiger partial charge in [-0.05, 0) is 55.8 Å². The van der Waals surface area contributed by atoms with E-state index in [-0.39, 0.29) is 11.4 Å². The van der Waals surface area contributed by atoms with Crippen LogP contribution in [-0.2, 0) is 10.0 Å². The summed E-state index contributed by atoms with van der Waals surface area (Å²) in [7, 11) is -2.29. The van der Waals surface area contributed by atoms with Crippen LogP contribution in [0.25, 0.3) is 0 Å². The topological polar surface area (TPSA) is 46.6 Å². The maximum absolute atomic E-state index is 13.0. The van der Waals surface area contributed by atoms with Gasteiger partial charge in [-0.2, -0.15) is 0 Å². The fraction of sp³-hybridized carbons (Fsp3) is 0.250. The minimum absolute atomic E-state index is 0.0410. The molecule has 2 aromatic rings. The summed E-state index contributed by atoms with van der Waals surface area (Å²) in [5, 5.41) is 0. The molecule has 0 aromatic heterocycles. The number of hydrogen-bond donors (Lipinski definition) is 0. The van der Waals surface area contributed by atoms with Gasteiger partial charge in [-0.25, -0.2) is 12.8 Å². The molecule has 0 bridgehead atoms. The van der Waals surface area contributed by atoms with Crippen molar-refractivity contribution in [2.75, 3.05) is 18.0 Å². The summed E-state index contributed by atoms with van der Waals surface area (Å²) in [5.41, 5.74) is 1.39. The van der Waals surface area contributed by atoms with Crippen LogP contribution in [-0.4, -0.2) is 22.1 Å². The number of rotatable bonds is 5. The largest absolute Gasteiger partial charge is 0.495 e. The second-order valence-electron chi connectivity index (χ2n) is 4.80. The Bertz CT molecular complexity index is 757. The van der Waals surface area contributed by atoms with Gasteiger partial charge < -0.3 is 4.74 Å². The fourth-order valence-corrected chi connectivity index (χ4v) is 3.67. The molecule has 0 aliphatic rings. The second kappa shape index (κ2) is 6.36. The van der Waals surface area contributed by atoms with Crippen LogP contribution in [0.4, 0.5) is 10.1 Å². The quantitative estimate of drug-likeness (QED) is 0.847. The number of sulfonamides is 1. The summed E-state index contributed by atoms with van der Waals surface area (Å²) >= 11 is 0. The Morgan fingerprint density at radius 3 is 2.32 bits per heavy atom. The van der Waals surface area contributed by atoms with Crippen molar-refractivity contribution in [2.24, 2.45) is 0 Å². The molecule has 0 aliphatic carbocycles. The fourth-order valence-electron chi connectivity index (χ4n) is 2.20. The predicted octanol–water partition coefficient (Wildman–Crippen LogP) is 3.36. The van der Waals surface area contributed by atoms with Crippen LogP contribution in [0.15, 0.2) is 47.4 Å². The molecule has 0 aliphatic heterocycles. The summed E-state index contributed by atoms with van der Waals surface area (Å²) in [6.07, 6.45) is 0. The molecule has 0 N–H and O–H groups in total. The summed E-state index contributed by atoms with van der Waals surface area (Å²) in [6.45, 7) is 3.85. The number of methoxy groups -OCH3 is 1. The molecule has 0 unspecified atom stereocenters. The van der Waals surface area contributed by atoms with E-state index in [4.69, 9.17) is 4.74 Å². The minimum atomic E-state index is -3.78. The van der Waals surface area contributed by atoms with Gasteiger partial charge in [-0.3, -0.25) is 4.31 Å². The first-order valence-electron chi connectivity index (χ1n) is 6.83. The van der Waals surface area contributed by atoms with E-state index in [1.54, 1.807) is 19.1 Å². The average Bonchev–Trinajstić information content (AvgIpc) is 2.48. The van der Waals surface area contributed by atoms with Crippen LogP contribution in [0.3, 0.4) is 0 Å². The monoisotopic (exact) mass is 323 g/mol. The summed E-state index contributed by atoms with van der Waals surface area (Å²) < 4.78 is 45.2. The molecule has 0 saturated heterocycles. The van der Waals surface area contributed by atoms with Crippen LogP contribution in [0.2, 0.25) is 0 Å². The second-order valence-corrected chi connectivity index (χ2v) is 6.66. The lowest BCUT2D eigenvalue weighted by atomic mass is 10.2. The third kappa shape index (κ3) is 3.06. The van der Waals surface area contributed by atoms with Crippen molar-refractivity contribution in [3.05, 3.63) is 53.8 Å². The van der Waals surface area contributed by atoms with Crippen molar-refractivity contribution < 1.29 is 17.5 Å². The van der Waals surface area contributed by atoms with E-state index in [2.05, 4.69) is 0 Å². The van der Waals surface area contributed by atoms with E-state index in [1.807, 2.05) is 13.0 Å². The van der Waals surface area contributed by atoms with Gasteiger partial charge in [-0.15, -0.1) is 0 Å². The third-order valence-electron chi connectivity index (χ3n) is 3.29. The van der Waals surface area contributed by atoms with E-state index < -0.39 is 15.8 Å². The normalized spacial score (nSPS) is 11.3. The van der Waals surface area contributed by atoms with Gasteiger partial charge in [0.2, 0.25) is 0 Å². The lowest BCUT2D eigenvalue weighted by Gasteiger charge is -2.25. The average molecular weight is 323 g/mol. The Hall–Kier alpha value is -2.08. The zero-order valence-electron chi connectivity index (χ0n) is 12.7. The van der Waals surface area contributed by atoms with Crippen LogP contribution < -0.4 is 9.04 Å². The van der Waals surface area contributed by atoms with Crippen molar-refractivity contribution in [3.63, 3.8) is 0 Å². The van der Waals surface area contributed by atoms with Crippen LogP contribution in [0.1, 0.15) is 12.5 Å². The van der Waals surface area contributed by atoms with Gasteiger partial charge >= 0.3 is 0 Å². The van der Waals surface area contributed by atoms with Crippen molar-refractivity contribution in [1.82, 2.24) is 0 Å². The third-order valence-corrected chi connectivity index (χ3v) is 5.19. The van der Waals surface area contributed by atoms with Gasteiger partial charge in [-0.1, -0.05) is 6.07 Å². The SMILES string of the molecule is CCN(c1cc(C)ccc1OC)S(=O)(=O)c1ccc(F)cc1. The first kappa shape index (κ1) is 16.3. The molecule has 118 valence electrons. The zero-order chi connectivity index (χ0) is 16.3. The number of ether oxygens (including phenoxy) is 1. The molecular formula is C16H18FNO3S. The van der Waals surface area contributed by atoms with Crippen molar-refractivity contribution in [3.8, 4) is 5.75 Å². The molecule has 0 spiro atoms. The maximum atomic E-state index is 13.0. The molecule has 6 heteroatoms. The molecule has 0 fully saturated rings. The highest BCUT2D eigenvalue weighted by molar-refractivity contribution is 7.92. The van der Waals surface area contributed by atoms with E-state index >= 15 is 0 Å². The van der Waals surface area contributed by atoms with Gasteiger partial charge in [0.15, 0.2) is 0 Å². The van der Waals surface area contributed by atoms with E-state index in [9.17, 15) is 12.8 Å². The number of hydrogen-bond acceptors (Lipinski definition) is 3. The first-order valence-corrected chi connectivity index (χ1v) is 8.27.